The highest BCUT2D eigenvalue weighted by Gasteiger charge is 2.19. The molecule has 0 fully saturated rings. The summed E-state index contributed by atoms with van der Waals surface area (Å²) in [5.41, 5.74) is 1.12. The summed E-state index contributed by atoms with van der Waals surface area (Å²) in [7, 11) is 0. The number of anilines is 1. The zero-order valence-corrected chi connectivity index (χ0v) is 8.70. The van der Waals surface area contributed by atoms with Crippen LogP contribution < -0.4 is 5.32 Å². The lowest BCUT2D eigenvalue weighted by Crippen LogP contribution is -2.29. The first-order valence-electron chi connectivity index (χ1n) is 5.13. The molecule has 0 amide bonds. The predicted octanol–water partition coefficient (Wildman–Crippen LogP) is 1.04. The van der Waals surface area contributed by atoms with E-state index in [9.17, 15) is 0 Å². The van der Waals surface area contributed by atoms with E-state index < -0.39 is 0 Å². The lowest BCUT2D eigenvalue weighted by atomic mass is 10.1. The van der Waals surface area contributed by atoms with Gasteiger partial charge in [-0.1, -0.05) is 13.8 Å². The zero-order valence-electron chi connectivity index (χ0n) is 8.70. The topological polar surface area (TPSA) is 50.1 Å². The number of rotatable bonds is 2. The Hall–Kier alpha value is -1.03. The van der Waals surface area contributed by atoms with Gasteiger partial charge in [-0.05, 0) is 5.92 Å². The molecule has 4 heteroatoms. The summed E-state index contributed by atoms with van der Waals surface area (Å²) in [6.45, 7) is 6.17. The summed E-state index contributed by atoms with van der Waals surface area (Å²) in [5.74, 6) is 1.84. The van der Waals surface area contributed by atoms with Crippen molar-refractivity contribution in [2.75, 3.05) is 18.5 Å². The van der Waals surface area contributed by atoms with Crippen molar-refractivity contribution in [3.8, 4) is 0 Å². The van der Waals surface area contributed by atoms with Crippen molar-refractivity contribution in [2.24, 2.45) is 5.92 Å². The maximum absolute atomic E-state index is 9.05. The molecule has 0 saturated heterocycles. The van der Waals surface area contributed by atoms with Gasteiger partial charge >= 0.3 is 0 Å². The SMILES string of the molecule is CC(C)c1cc2n(n1)CC(CO)CN2. The Bertz CT molecular complexity index is 319. The second-order valence-corrected chi connectivity index (χ2v) is 4.22. The quantitative estimate of drug-likeness (QED) is 0.741. The van der Waals surface area contributed by atoms with Gasteiger partial charge in [0.25, 0.3) is 0 Å². The van der Waals surface area contributed by atoms with E-state index in [-0.39, 0.29) is 6.61 Å². The fourth-order valence-corrected chi connectivity index (χ4v) is 1.68. The van der Waals surface area contributed by atoms with Crippen molar-refractivity contribution in [2.45, 2.75) is 26.3 Å². The first kappa shape index (κ1) is 9.52. The van der Waals surface area contributed by atoms with E-state index in [0.29, 0.717) is 11.8 Å². The number of aliphatic hydroxyl groups is 1. The van der Waals surface area contributed by atoms with Crippen LogP contribution in [0.15, 0.2) is 6.07 Å². The molecule has 0 saturated carbocycles. The normalized spacial score (nSPS) is 20.7. The van der Waals surface area contributed by atoms with Gasteiger partial charge in [0, 0.05) is 31.7 Å². The summed E-state index contributed by atoms with van der Waals surface area (Å²) in [6, 6.07) is 2.10. The maximum atomic E-state index is 9.05. The lowest BCUT2D eigenvalue weighted by molar-refractivity contribution is 0.209. The minimum atomic E-state index is 0.226. The molecule has 1 unspecified atom stereocenters. The molecular formula is C10H17N3O. The number of nitrogens with zero attached hydrogens (tertiary/aromatic N) is 2. The fourth-order valence-electron chi connectivity index (χ4n) is 1.68. The van der Waals surface area contributed by atoms with Crippen LogP contribution >= 0.6 is 0 Å². The van der Waals surface area contributed by atoms with E-state index in [1.165, 1.54) is 0 Å². The van der Waals surface area contributed by atoms with Crippen LogP contribution in [0.4, 0.5) is 5.82 Å². The average Bonchev–Trinajstić information content (AvgIpc) is 2.59. The Kier molecular flexibility index (Phi) is 2.46. The van der Waals surface area contributed by atoms with Gasteiger partial charge in [0.1, 0.15) is 5.82 Å². The van der Waals surface area contributed by atoms with E-state index in [1.54, 1.807) is 0 Å². The number of hydrogen-bond donors (Lipinski definition) is 2. The molecule has 0 bridgehead atoms. The number of aromatic nitrogens is 2. The fraction of sp³-hybridized carbons (Fsp3) is 0.700. The van der Waals surface area contributed by atoms with Crippen LogP contribution in [0.25, 0.3) is 0 Å². The monoisotopic (exact) mass is 195 g/mol. The highest BCUT2D eigenvalue weighted by atomic mass is 16.3. The third-order valence-corrected chi connectivity index (χ3v) is 2.65. The molecule has 1 aromatic rings. The highest BCUT2D eigenvalue weighted by molar-refractivity contribution is 5.39. The summed E-state index contributed by atoms with van der Waals surface area (Å²) in [5, 5.41) is 16.8. The molecule has 1 aliphatic heterocycles. The summed E-state index contributed by atoms with van der Waals surface area (Å²) < 4.78 is 1.96. The standard InChI is InChI=1S/C10H17N3O/c1-7(2)9-3-10-11-4-8(6-14)5-13(10)12-9/h3,7-8,11,14H,4-6H2,1-2H3. The van der Waals surface area contributed by atoms with Crippen LogP contribution in [0.3, 0.4) is 0 Å². The van der Waals surface area contributed by atoms with Crippen molar-refractivity contribution < 1.29 is 5.11 Å². The number of nitrogens with one attached hydrogen (secondary N) is 1. The van der Waals surface area contributed by atoms with Gasteiger partial charge in [0.05, 0.1) is 5.69 Å². The Morgan fingerprint density at radius 3 is 3.14 bits per heavy atom. The summed E-state index contributed by atoms with van der Waals surface area (Å²) >= 11 is 0. The van der Waals surface area contributed by atoms with Crippen molar-refractivity contribution >= 4 is 5.82 Å². The third-order valence-electron chi connectivity index (χ3n) is 2.65. The molecule has 1 aliphatic rings. The second-order valence-electron chi connectivity index (χ2n) is 4.22. The van der Waals surface area contributed by atoms with Gasteiger partial charge < -0.3 is 10.4 Å². The molecule has 14 heavy (non-hydrogen) atoms. The lowest BCUT2D eigenvalue weighted by Gasteiger charge is -2.22. The van der Waals surface area contributed by atoms with Crippen LogP contribution in [-0.4, -0.2) is 28.0 Å². The molecule has 2 rings (SSSR count). The van der Waals surface area contributed by atoms with E-state index in [1.807, 2.05) is 4.68 Å². The molecule has 2 N–H and O–H groups in total. The van der Waals surface area contributed by atoms with Crippen molar-refractivity contribution in [1.82, 2.24) is 9.78 Å². The molecule has 0 spiro atoms. The Balaban J connectivity index is 2.21. The third kappa shape index (κ3) is 1.62. The summed E-state index contributed by atoms with van der Waals surface area (Å²) in [4.78, 5) is 0. The summed E-state index contributed by atoms with van der Waals surface area (Å²) in [6.07, 6.45) is 0. The maximum Gasteiger partial charge on any atom is 0.124 e. The molecule has 1 aromatic heterocycles. The molecule has 0 aromatic carbocycles. The smallest absolute Gasteiger partial charge is 0.124 e. The first-order valence-corrected chi connectivity index (χ1v) is 5.13. The van der Waals surface area contributed by atoms with Crippen LogP contribution in [0.5, 0.6) is 0 Å². The van der Waals surface area contributed by atoms with Gasteiger partial charge in [-0.25, -0.2) is 4.68 Å². The van der Waals surface area contributed by atoms with Crippen LogP contribution in [0.2, 0.25) is 0 Å². The van der Waals surface area contributed by atoms with Crippen molar-refractivity contribution in [1.29, 1.82) is 0 Å². The van der Waals surface area contributed by atoms with E-state index >= 15 is 0 Å². The zero-order chi connectivity index (χ0) is 10.1. The van der Waals surface area contributed by atoms with Crippen molar-refractivity contribution in [3.63, 3.8) is 0 Å². The highest BCUT2D eigenvalue weighted by Crippen LogP contribution is 2.22. The minimum Gasteiger partial charge on any atom is -0.396 e. The second kappa shape index (κ2) is 3.61. The number of hydrogen-bond acceptors (Lipinski definition) is 3. The Labute approximate surface area is 83.9 Å². The van der Waals surface area contributed by atoms with Gasteiger partial charge in [0.2, 0.25) is 0 Å². The molecule has 0 aliphatic carbocycles. The molecule has 78 valence electrons. The van der Waals surface area contributed by atoms with Crippen LogP contribution in [0, 0.1) is 5.92 Å². The Morgan fingerprint density at radius 1 is 1.71 bits per heavy atom. The molecule has 4 nitrogen and oxygen atoms in total. The molecule has 1 atom stereocenters. The van der Waals surface area contributed by atoms with Gasteiger partial charge in [-0.2, -0.15) is 5.10 Å². The van der Waals surface area contributed by atoms with Gasteiger partial charge in [0.15, 0.2) is 0 Å². The van der Waals surface area contributed by atoms with E-state index in [2.05, 4.69) is 30.3 Å². The van der Waals surface area contributed by atoms with E-state index in [4.69, 9.17) is 5.11 Å². The van der Waals surface area contributed by atoms with E-state index in [0.717, 1.165) is 24.6 Å². The average molecular weight is 195 g/mol. The van der Waals surface area contributed by atoms with Gasteiger partial charge in [-0.3, -0.25) is 0 Å². The van der Waals surface area contributed by atoms with Crippen molar-refractivity contribution in [3.05, 3.63) is 11.8 Å². The first-order chi connectivity index (χ1) is 6.70. The van der Waals surface area contributed by atoms with Crippen LogP contribution in [-0.2, 0) is 6.54 Å². The number of aliphatic hydroxyl groups excluding tert-OH is 1. The largest absolute Gasteiger partial charge is 0.396 e. The Morgan fingerprint density at radius 2 is 2.50 bits per heavy atom. The minimum absolute atomic E-state index is 0.226. The molecule has 0 radical (unpaired) electrons. The van der Waals surface area contributed by atoms with Gasteiger partial charge in [-0.15, -0.1) is 0 Å². The van der Waals surface area contributed by atoms with Crippen LogP contribution in [0.1, 0.15) is 25.5 Å². The predicted molar refractivity (Wildman–Crippen MR) is 55.4 cm³/mol. The number of fused-ring (bicyclic) bond motifs is 1. The molecular weight excluding hydrogens is 178 g/mol. The molecule has 2 heterocycles.